The Kier molecular flexibility index (Phi) is 5.94. The van der Waals surface area contributed by atoms with Crippen LogP contribution in [-0.2, 0) is 11.3 Å². The van der Waals surface area contributed by atoms with Crippen molar-refractivity contribution < 1.29 is 4.79 Å². The normalized spacial score (nSPS) is 29.7. The number of anilines is 1. The fourth-order valence-electron chi connectivity index (χ4n) is 5.32. The topological polar surface area (TPSA) is 52.6 Å². The minimum absolute atomic E-state index is 0.157. The van der Waals surface area contributed by atoms with Crippen LogP contribution in [-0.4, -0.2) is 69.9 Å². The molecule has 2 atom stereocenters. The number of nitrogens with zero attached hydrogens (tertiary/aromatic N) is 5. The van der Waals surface area contributed by atoms with Crippen molar-refractivity contribution in [2.45, 2.75) is 84.1 Å². The number of ketones is 1. The van der Waals surface area contributed by atoms with Gasteiger partial charge in [0.15, 0.2) is 0 Å². The van der Waals surface area contributed by atoms with Gasteiger partial charge < -0.3 is 4.90 Å². The van der Waals surface area contributed by atoms with Crippen molar-refractivity contribution in [3.63, 3.8) is 0 Å². The zero-order valence-electron chi connectivity index (χ0n) is 18.7. The van der Waals surface area contributed by atoms with Gasteiger partial charge in [-0.25, -0.2) is 9.97 Å². The van der Waals surface area contributed by atoms with E-state index in [1.54, 1.807) is 0 Å². The van der Waals surface area contributed by atoms with Gasteiger partial charge in [-0.3, -0.25) is 14.6 Å². The lowest BCUT2D eigenvalue weighted by Crippen LogP contribution is -2.56. The SMILES string of the molecule is CC(C)C(=O)[C@H]1C[C@@H](N(C)Cc2cnc(N3C4CCC3CN(C(C)C)C4)nc2)C1. The highest BCUT2D eigenvalue weighted by Crippen LogP contribution is 2.35. The summed E-state index contributed by atoms with van der Waals surface area (Å²) in [5.74, 6) is 1.75. The number of hydrogen-bond acceptors (Lipinski definition) is 6. The van der Waals surface area contributed by atoms with Gasteiger partial charge in [0.05, 0.1) is 0 Å². The second-order valence-electron chi connectivity index (χ2n) is 10.0. The standard InChI is InChI=1S/C23H37N5O/c1-15(2)22(29)18-8-21(9-18)26(5)12-17-10-24-23(25-11-17)28-19-6-7-20(28)14-27(13-19)16(3)4/h10-11,15-16,18-21H,6-9,12-14H2,1-5H3/t18-,19?,20?,21+. The Morgan fingerprint density at radius 2 is 1.69 bits per heavy atom. The molecule has 2 bridgehead atoms. The Bertz CT molecular complexity index is 698. The fourth-order valence-corrected chi connectivity index (χ4v) is 5.32. The molecule has 3 aliphatic rings. The number of piperazine rings is 1. The molecule has 0 spiro atoms. The number of likely N-dealkylation sites (tertiary alicyclic amines) is 1. The fraction of sp³-hybridized carbons (Fsp3) is 0.783. The van der Waals surface area contributed by atoms with E-state index in [-0.39, 0.29) is 11.8 Å². The van der Waals surface area contributed by atoms with Crippen LogP contribution in [0.2, 0.25) is 0 Å². The first kappa shape index (κ1) is 20.7. The van der Waals surface area contributed by atoms with Crippen LogP contribution >= 0.6 is 0 Å². The molecule has 2 unspecified atom stereocenters. The Balaban J connectivity index is 1.32. The summed E-state index contributed by atoms with van der Waals surface area (Å²) < 4.78 is 0. The molecule has 2 saturated heterocycles. The van der Waals surface area contributed by atoms with Crippen molar-refractivity contribution in [3.8, 4) is 0 Å². The van der Waals surface area contributed by atoms with Crippen molar-refractivity contribution in [1.82, 2.24) is 19.8 Å². The first-order chi connectivity index (χ1) is 13.8. The minimum Gasteiger partial charge on any atom is -0.332 e. The van der Waals surface area contributed by atoms with E-state index < -0.39 is 0 Å². The highest BCUT2D eigenvalue weighted by Gasteiger charge is 2.42. The smallest absolute Gasteiger partial charge is 0.225 e. The Morgan fingerprint density at radius 1 is 1.10 bits per heavy atom. The van der Waals surface area contributed by atoms with Crippen LogP contribution in [0.1, 0.15) is 58.9 Å². The molecule has 1 aromatic rings. The highest BCUT2D eigenvalue weighted by molar-refractivity contribution is 5.83. The van der Waals surface area contributed by atoms with Gasteiger partial charge in [-0.15, -0.1) is 0 Å². The zero-order valence-corrected chi connectivity index (χ0v) is 18.7. The van der Waals surface area contributed by atoms with E-state index in [1.165, 1.54) is 12.8 Å². The van der Waals surface area contributed by atoms with E-state index in [1.807, 2.05) is 26.2 Å². The number of hydrogen-bond donors (Lipinski definition) is 0. The second kappa shape index (κ2) is 8.31. The van der Waals surface area contributed by atoms with Crippen molar-refractivity contribution >= 4 is 11.7 Å². The van der Waals surface area contributed by atoms with Gasteiger partial charge in [-0.05, 0) is 46.6 Å². The highest BCUT2D eigenvalue weighted by atomic mass is 16.1. The molecule has 1 aliphatic carbocycles. The molecule has 4 rings (SSSR count). The van der Waals surface area contributed by atoms with E-state index in [9.17, 15) is 4.79 Å². The molecule has 29 heavy (non-hydrogen) atoms. The Hall–Kier alpha value is -1.53. The quantitative estimate of drug-likeness (QED) is 0.703. The van der Waals surface area contributed by atoms with Gasteiger partial charge in [0, 0.05) is 73.6 Å². The van der Waals surface area contributed by atoms with Gasteiger partial charge in [-0.2, -0.15) is 0 Å². The van der Waals surface area contributed by atoms with Gasteiger partial charge >= 0.3 is 0 Å². The molecule has 160 valence electrons. The molecule has 0 radical (unpaired) electrons. The monoisotopic (exact) mass is 399 g/mol. The van der Waals surface area contributed by atoms with Crippen molar-refractivity contribution in [2.24, 2.45) is 11.8 Å². The number of Topliss-reactive ketones (excluding diaryl/α,β-unsaturated/α-hetero) is 1. The van der Waals surface area contributed by atoms with Crippen LogP contribution in [0.4, 0.5) is 5.95 Å². The van der Waals surface area contributed by atoms with Gasteiger partial charge in [-0.1, -0.05) is 13.8 Å². The average Bonchev–Trinajstić information content (AvgIpc) is 2.90. The third-order valence-electron chi connectivity index (χ3n) is 7.30. The van der Waals surface area contributed by atoms with E-state index in [4.69, 9.17) is 9.97 Å². The molecular weight excluding hydrogens is 362 g/mol. The molecule has 3 heterocycles. The molecule has 3 fully saturated rings. The predicted molar refractivity (Wildman–Crippen MR) is 116 cm³/mol. The van der Waals surface area contributed by atoms with Gasteiger partial charge in [0.1, 0.15) is 5.78 Å². The first-order valence-electron chi connectivity index (χ1n) is 11.4. The summed E-state index contributed by atoms with van der Waals surface area (Å²) in [5, 5.41) is 0. The summed E-state index contributed by atoms with van der Waals surface area (Å²) in [7, 11) is 2.15. The summed E-state index contributed by atoms with van der Waals surface area (Å²) in [4.78, 5) is 29.0. The van der Waals surface area contributed by atoms with Gasteiger partial charge in [0.25, 0.3) is 0 Å². The summed E-state index contributed by atoms with van der Waals surface area (Å²) in [6, 6.07) is 2.22. The third kappa shape index (κ3) is 4.19. The lowest BCUT2D eigenvalue weighted by Gasteiger charge is -2.43. The summed E-state index contributed by atoms with van der Waals surface area (Å²) >= 11 is 0. The average molecular weight is 400 g/mol. The number of fused-ring (bicyclic) bond motifs is 2. The van der Waals surface area contributed by atoms with Crippen LogP contribution in [0.15, 0.2) is 12.4 Å². The van der Waals surface area contributed by atoms with E-state index in [0.717, 1.165) is 44.0 Å². The zero-order chi connectivity index (χ0) is 20.7. The molecular formula is C23H37N5O. The maximum atomic E-state index is 12.1. The van der Waals surface area contributed by atoms with E-state index in [0.29, 0.717) is 30.0 Å². The summed E-state index contributed by atoms with van der Waals surface area (Å²) in [5.41, 5.74) is 1.16. The molecule has 2 aliphatic heterocycles. The molecule has 0 aromatic carbocycles. The lowest BCUT2D eigenvalue weighted by atomic mass is 9.74. The Labute approximate surface area is 175 Å². The molecule has 6 heteroatoms. The molecule has 0 amide bonds. The third-order valence-corrected chi connectivity index (χ3v) is 7.30. The van der Waals surface area contributed by atoms with E-state index >= 15 is 0 Å². The minimum atomic E-state index is 0.157. The van der Waals surface area contributed by atoms with Crippen LogP contribution in [0, 0.1) is 11.8 Å². The Morgan fingerprint density at radius 3 is 2.21 bits per heavy atom. The van der Waals surface area contributed by atoms with Crippen LogP contribution in [0.5, 0.6) is 0 Å². The number of carbonyl (C=O) groups is 1. The predicted octanol–water partition coefficient (Wildman–Crippen LogP) is 2.97. The van der Waals surface area contributed by atoms with Crippen molar-refractivity contribution in [1.29, 1.82) is 0 Å². The lowest BCUT2D eigenvalue weighted by molar-refractivity contribution is -0.130. The largest absolute Gasteiger partial charge is 0.332 e. The van der Waals surface area contributed by atoms with Crippen LogP contribution < -0.4 is 4.90 Å². The summed E-state index contributed by atoms with van der Waals surface area (Å²) in [6.07, 6.45) is 8.50. The number of carbonyl (C=O) groups excluding carboxylic acids is 1. The van der Waals surface area contributed by atoms with Crippen molar-refractivity contribution in [3.05, 3.63) is 18.0 Å². The van der Waals surface area contributed by atoms with Crippen LogP contribution in [0.3, 0.4) is 0 Å². The summed E-state index contributed by atoms with van der Waals surface area (Å²) in [6.45, 7) is 11.7. The maximum Gasteiger partial charge on any atom is 0.225 e. The molecule has 6 nitrogen and oxygen atoms in total. The van der Waals surface area contributed by atoms with Crippen molar-refractivity contribution in [2.75, 3.05) is 25.0 Å². The second-order valence-corrected chi connectivity index (χ2v) is 10.0. The molecule has 1 saturated carbocycles. The maximum absolute atomic E-state index is 12.1. The van der Waals surface area contributed by atoms with Crippen LogP contribution in [0.25, 0.3) is 0 Å². The molecule has 1 aromatic heterocycles. The number of rotatable bonds is 7. The van der Waals surface area contributed by atoms with E-state index in [2.05, 4.69) is 35.6 Å². The molecule has 0 N–H and O–H groups in total. The number of aromatic nitrogens is 2. The van der Waals surface area contributed by atoms with Gasteiger partial charge in [0.2, 0.25) is 5.95 Å². The first-order valence-corrected chi connectivity index (χ1v) is 11.4.